The highest BCUT2D eigenvalue weighted by atomic mass is 32.2. The van der Waals surface area contributed by atoms with Crippen molar-refractivity contribution in [3.63, 3.8) is 0 Å². The van der Waals surface area contributed by atoms with Crippen molar-refractivity contribution >= 4 is 33.5 Å². The number of benzene rings is 2. The molecule has 2 atom stereocenters. The van der Waals surface area contributed by atoms with Crippen LogP contribution in [0, 0.1) is 6.92 Å². The van der Waals surface area contributed by atoms with Crippen molar-refractivity contribution in [2.24, 2.45) is 0 Å². The minimum Gasteiger partial charge on any atom is -0.453 e. The smallest absolute Gasteiger partial charge is 0.296 e. The number of imide groups is 1. The van der Waals surface area contributed by atoms with E-state index < -0.39 is 28.0 Å². The van der Waals surface area contributed by atoms with Crippen molar-refractivity contribution in [2.45, 2.75) is 43.0 Å². The number of carbonyl (C=O) groups is 3. The Bertz CT molecular complexity index is 1390. The summed E-state index contributed by atoms with van der Waals surface area (Å²) in [5, 5.41) is 4.88. The van der Waals surface area contributed by atoms with Crippen LogP contribution in [-0.4, -0.2) is 59.2 Å². The molecule has 5 rings (SSSR count). The molecule has 0 spiro atoms. The second-order valence-electron chi connectivity index (χ2n) is 9.27. The summed E-state index contributed by atoms with van der Waals surface area (Å²) < 4.78 is 41.2. The van der Waals surface area contributed by atoms with E-state index in [0.29, 0.717) is 30.8 Å². The van der Waals surface area contributed by atoms with Crippen molar-refractivity contribution in [1.82, 2.24) is 10.6 Å². The van der Waals surface area contributed by atoms with Gasteiger partial charge in [0.15, 0.2) is 11.5 Å². The molecular formula is C25H27N3O8S. The first kappa shape index (κ1) is 25.0. The third-order valence-electron chi connectivity index (χ3n) is 6.91. The molecule has 0 bridgehead atoms. The van der Waals surface area contributed by atoms with Gasteiger partial charge in [0.05, 0.1) is 23.3 Å². The van der Waals surface area contributed by atoms with Crippen molar-refractivity contribution in [3.05, 3.63) is 47.0 Å². The summed E-state index contributed by atoms with van der Waals surface area (Å²) in [6, 6.07) is 7.78. The van der Waals surface area contributed by atoms with Gasteiger partial charge in [-0.15, -0.1) is 0 Å². The van der Waals surface area contributed by atoms with Gasteiger partial charge in [0.25, 0.3) is 16.0 Å². The predicted octanol–water partition coefficient (Wildman–Crippen LogP) is 1.59. The molecule has 3 aliphatic heterocycles. The second kappa shape index (κ2) is 9.67. The van der Waals surface area contributed by atoms with Crippen LogP contribution in [0.5, 0.6) is 11.5 Å². The lowest BCUT2D eigenvalue weighted by molar-refractivity contribution is -0.134. The molecule has 0 saturated carbocycles. The van der Waals surface area contributed by atoms with Crippen LogP contribution in [0.4, 0.5) is 5.69 Å². The number of piperidine rings is 1. The van der Waals surface area contributed by atoms with E-state index >= 15 is 0 Å². The van der Waals surface area contributed by atoms with Gasteiger partial charge in [-0.1, -0.05) is 17.7 Å². The van der Waals surface area contributed by atoms with Gasteiger partial charge in [-0.3, -0.25) is 23.9 Å². The normalized spacial score (nSPS) is 21.2. The standard InChI is InChI=1S/C25H27N3O8S/c1-14-3-7-20(37(32,33)34-2)17(11-14)15-9-10-28(12-15)19-6-4-16(22-23(19)36-13-35-22)24(30)26-18-5-8-21(29)27-25(18)31/h3-4,6-7,11,15,18H,5,8-10,12-13H2,1-2H3,(H,26,30)(H,27,29,31). The number of hydrogen-bond acceptors (Lipinski definition) is 9. The molecule has 0 aliphatic carbocycles. The minimum atomic E-state index is -3.86. The Balaban J connectivity index is 1.38. The number of rotatable bonds is 6. The fourth-order valence-corrected chi connectivity index (χ4v) is 5.94. The molecular weight excluding hydrogens is 502 g/mol. The number of fused-ring (bicyclic) bond motifs is 1. The van der Waals surface area contributed by atoms with Crippen LogP contribution in [0.15, 0.2) is 35.2 Å². The largest absolute Gasteiger partial charge is 0.453 e. The number of aryl methyl sites for hydroxylation is 1. The van der Waals surface area contributed by atoms with E-state index in [1.165, 1.54) is 0 Å². The van der Waals surface area contributed by atoms with Gasteiger partial charge in [0.2, 0.25) is 18.6 Å². The molecule has 3 heterocycles. The van der Waals surface area contributed by atoms with Gasteiger partial charge in [-0.05, 0) is 43.5 Å². The molecule has 37 heavy (non-hydrogen) atoms. The van der Waals surface area contributed by atoms with Crippen molar-refractivity contribution in [3.8, 4) is 11.5 Å². The Kier molecular flexibility index (Phi) is 6.54. The van der Waals surface area contributed by atoms with E-state index in [1.807, 2.05) is 13.0 Å². The Morgan fingerprint density at radius 1 is 1.14 bits per heavy atom. The third-order valence-corrected chi connectivity index (χ3v) is 8.26. The Labute approximate surface area is 214 Å². The summed E-state index contributed by atoms with van der Waals surface area (Å²) in [6.45, 7) is 3.03. The molecule has 2 aromatic carbocycles. The molecule has 2 saturated heterocycles. The summed E-state index contributed by atoms with van der Waals surface area (Å²) >= 11 is 0. The molecule has 12 heteroatoms. The number of anilines is 1. The average molecular weight is 530 g/mol. The van der Waals surface area contributed by atoms with Crippen LogP contribution in [0.1, 0.15) is 46.7 Å². The SMILES string of the molecule is COS(=O)(=O)c1ccc(C)cc1C1CCN(c2ccc(C(=O)NC3CCC(=O)NC3=O)c3c2OCO3)C1. The number of nitrogens with zero attached hydrogens (tertiary/aromatic N) is 1. The van der Waals surface area contributed by atoms with E-state index in [4.69, 9.17) is 13.7 Å². The van der Waals surface area contributed by atoms with Crippen molar-refractivity contribution in [2.75, 3.05) is 31.9 Å². The number of ether oxygens (including phenoxy) is 2. The average Bonchev–Trinajstić information content (AvgIpc) is 3.55. The fourth-order valence-electron chi connectivity index (χ4n) is 5.01. The molecule has 0 aromatic heterocycles. The molecule has 0 radical (unpaired) electrons. The molecule has 3 aliphatic rings. The Morgan fingerprint density at radius 3 is 2.68 bits per heavy atom. The predicted molar refractivity (Wildman–Crippen MR) is 131 cm³/mol. The van der Waals surface area contributed by atoms with E-state index in [9.17, 15) is 22.8 Å². The monoisotopic (exact) mass is 529 g/mol. The van der Waals surface area contributed by atoms with Gasteiger partial charge in [-0.25, -0.2) is 0 Å². The van der Waals surface area contributed by atoms with Crippen LogP contribution < -0.4 is 25.0 Å². The fraction of sp³-hybridized carbons (Fsp3) is 0.400. The summed E-state index contributed by atoms with van der Waals surface area (Å²) in [5.74, 6) is -0.762. The molecule has 2 aromatic rings. The topological polar surface area (TPSA) is 140 Å². The summed E-state index contributed by atoms with van der Waals surface area (Å²) in [5.41, 5.74) is 2.62. The van der Waals surface area contributed by atoms with Gasteiger partial charge < -0.3 is 19.7 Å². The van der Waals surface area contributed by atoms with Crippen LogP contribution in [0.2, 0.25) is 0 Å². The number of carbonyl (C=O) groups excluding carboxylic acids is 3. The first-order chi connectivity index (χ1) is 17.7. The molecule has 2 N–H and O–H groups in total. The molecule has 11 nitrogen and oxygen atoms in total. The Hall–Kier alpha value is -3.64. The van der Waals surface area contributed by atoms with Gasteiger partial charge in [0, 0.05) is 25.4 Å². The number of hydrogen-bond donors (Lipinski definition) is 2. The number of nitrogens with one attached hydrogen (secondary N) is 2. The van der Waals surface area contributed by atoms with E-state index in [-0.39, 0.29) is 47.7 Å². The van der Waals surface area contributed by atoms with E-state index in [0.717, 1.165) is 18.4 Å². The highest BCUT2D eigenvalue weighted by Gasteiger charge is 2.35. The van der Waals surface area contributed by atoms with Crippen molar-refractivity contribution in [1.29, 1.82) is 0 Å². The van der Waals surface area contributed by atoms with Crippen LogP contribution in [-0.2, 0) is 23.9 Å². The lowest BCUT2D eigenvalue weighted by atomic mass is 9.97. The quantitative estimate of drug-likeness (QED) is 0.422. The maximum Gasteiger partial charge on any atom is 0.296 e. The lowest BCUT2D eigenvalue weighted by Crippen LogP contribution is -2.52. The maximum atomic E-state index is 13.0. The lowest BCUT2D eigenvalue weighted by Gasteiger charge is -2.23. The number of amides is 3. The van der Waals surface area contributed by atoms with Gasteiger partial charge >= 0.3 is 0 Å². The van der Waals surface area contributed by atoms with Gasteiger partial charge in [0.1, 0.15) is 6.04 Å². The highest BCUT2D eigenvalue weighted by molar-refractivity contribution is 7.86. The Morgan fingerprint density at radius 2 is 1.92 bits per heavy atom. The molecule has 2 fully saturated rings. The van der Waals surface area contributed by atoms with E-state index in [1.54, 1.807) is 24.3 Å². The highest BCUT2D eigenvalue weighted by Crippen LogP contribution is 2.46. The molecule has 2 unspecified atom stereocenters. The molecule has 196 valence electrons. The maximum absolute atomic E-state index is 13.0. The van der Waals surface area contributed by atoms with Crippen LogP contribution in [0.25, 0.3) is 0 Å². The van der Waals surface area contributed by atoms with Crippen LogP contribution >= 0.6 is 0 Å². The van der Waals surface area contributed by atoms with E-state index in [2.05, 4.69) is 15.5 Å². The van der Waals surface area contributed by atoms with Crippen molar-refractivity contribution < 1.29 is 36.5 Å². The zero-order valence-electron chi connectivity index (χ0n) is 20.4. The van der Waals surface area contributed by atoms with Crippen LogP contribution in [0.3, 0.4) is 0 Å². The molecule has 3 amide bonds. The summed E-state index contributed by atoms with van der Waals surface area (Å²) in [4.78, 5) is 38.6. The first-order valence-electron chi connectivity index (χ1n) is 11.9. The summed E-state index contributed by atoms with van der Waals surface area (Å²) in [7, 11) is -2.71. The first-order valence-corrected chi connectivity index (χ1v) is 13.3. The van der Waals surface area contributed by atoms with Gasteiger partial charge in [-0.2, -0.15) is 8.42 Å². The summed E-state index contributed by atoms with van der Waals surface area (Å²) in [6.07, 6.45) is 1.09. The second-order valence-corrected chi connectivity index (χ2v) is 10.9. The third kappa shape index (κ3) is 4.74. The zero-order valence-corrected chi connectivity index (χ0v) is 21.2. The zero-order chi connectivity index (χ0) is 26.3. The minimum absolute atomic E-state index is 0.0591.